The van der Waals surface area contributed by atoms with Gasteiger partial charge in [-0.25, -0.2) is 4.98 Å². The minimum absolute atomic E-state index is 0.0362. The van der Waals surface area contributed by atoms with Gasteiger partial charge in [0.05, 0.1) is 17.7 Å². The van der Waals surface area contributed by atoms with Crippen LogP contribution in [-0.4, -0.2) is 40.0 Å². The molecule has 0 aliphatic carbocycles. The van der Waals surface area contributed by atoms with Gasteiger partial charge in [0.2, 0.25) is 0 Å². The number of aromatic nitrogens is 2. The number of hydrogen-bond donors (Lipinski definition) is 0. The lowest BCUT2D eigenvalue weighted by molar-refractivity contribution is 0.0541. The maximum Gasteiger partial charge on any atom is 0.265 e. The van der Waals surface area contributed by atoms with E-state index in [1.54, 1.807) is 24.0 Å². The van der Waals surface area contributed by atoms with E-state index in [0.29, 0.717) is 22.2 Å². The van der Waals surface area contributed by atoms with E-state index < -0.39 is 0 Å². The van der Waals surface area contributed by atoms with E-state index in [-0.39, 0.29) is 12.0 Å². The molecule has 0 aromatic carbocycles. The molecule has 1 saturated heterocycles. The zero-order valence-electron chi connectivity index (χ0n) is 12.2. The van der Waals surface area contributed by atoms with Crippen LogP contribution in [-0.2, 0) is 0 Å². The van der Waals surface area contributed by atoms with Crippen LogP contribution in [0.4, 0.5) is 0 Å². The molecule has 0 saturated carbocycles. The third-order valence-corrected chi connectivity index (χ3v) is 4.83. The fourth-order valence-corrected chi connectivity index (χ4v) is 3.44. The summed E-state index contributed by atoms with van der Waals surface area (Å²) in [5.74, 6) is 0.652. The Kier molecular flexibility index (Phi) is 4.59. The first-order chi connectivity index (χ1) is 10.6. The molecular weight excluding hydrogens is 322 g/mol. The van der Waals surface area contributed by atoms with Crippen molar-refractivity contribution in [2.24, 2.45) is 0 Å². The predicted octanol–water partition coefficient (Wildman–Crippen LogP) is 3.18. The van der Waals surface area contributed by atoms with E-state index in [1.807, 2.05) is 11.8 Å². The molecule has 0 bridgehead atoms. The topological polar surface area (TPSA) is 55.3 Å². The van der Waals surface area contributed by atoms with Gasteiger partial charge in [0.25, 0.3) is 5.91 Å². The number of carbonyl (C=O) groups excluding carboxylic acids is 1. The van der Waals surface area contributed by atoms with E-state index >= 15 is 0 Å². The van der Waals surface area contributed by atoms with E-state index in [9.17, 15) is 4.79 Å². The minimum Gasteiger partial charge on any atom is -0.487 e. The summed E-state index contributed by atoms with van der Waals surface area (Å²) in [7, 11) is 0. The van der Waals surface area contributed by atoms with E-state index in [2.05, 4.69) is 9.97 Å². The lowest BCUT2D eigenvalue weighted by Crippen LogP contribution is -2.44. The van der Waals surface area contributed by atoms with Crippen molar-refractivity contribution in [3.05, 3.63) is 39.6 Å². The van der Waals surface area contributed by atoms with E-state index in [1.165, 1.54) is 11.3 Å². The number of hydrogen-bond acceptors (Lipinski definition) is 5. The van der Waals surface area contributed by atoms with Crippen LogP contribution >= 0.6 is 22.9 Å². The lowest BCUT2D eigenvalue weighted by Gasteiger charge is -2.32. The van der Waals surface area contributed by atoms with Crippen molar-refractivity contribution in [1.82, 2.24) is 14.9 Å². The lowest BCUT2D eigenvalue weighted by atomic mass is 10.1. The van der Waals surface area contributed by atoms with Gasteiger partial charge in [-0.1, -0.05) is 11.6 Å². The smallest absolute Gasteiger partial charge is 0.265 e. The van der Waals surface area contributed by atoms with Gasteiger partial charge in [-0.05, 0) is 19.8 Å². The molecule has 1 fully saturated rings. The second-order valence-corrected chi connectivity index (χ2v) is 6.47. The SMILES string of the molecule is Cc1ncsc1C(=O)N1CCCC(Oc2ccncc2Cl)C1. The second kappa shape index (κ2) is 6.62. The summed E-state index contributed by atoms with van der Waals surface area (Å²) in [6.45, 7) is 3.17. The van der Waals surface area contributed by atoms with Crippen LogP contribution in [0, 0.1) is 6.92 Å². The van der Waals surface area contributed by atoms with E-state index in [0.717, 1.165) is 25.1 Å². The number of ether oxygens (including phenoxy) is 1. The maximum atomic E-state index is 12.6. The summed E-state index contributed by atoms with van der Waals surface area (Å²) in [5, 5.41) is 0.490. The molecule has 2 aromatic heterocycles. The largest absolute Gasteiger partial charge is 0.487 e. The van der Waals surface area contributed by atoms with Crippen molar-refractivity contribution in [3.63, 3.8) is 0 Å². The Bertz CT molecular complexity index is 676. The van der Waals surface area contributed by atoms with E-state index in [4.69, 9.17) is 16.3 Å². The number of amides is 1. The number of nitrogens with zero attached hydrogens (tertiary/aromatic N) is 3. The predicted molar refractivity (Wildman–Crippen MR) is 85.7 cm³/mol. The molecule has 1 atom stereocenters. The number of carbonyl (C=O) groups is 1. The molecule has 0 N–H and O–H groups in total. The third kappa shape index (κ3) is 3.23. The van der Waals surface area contributed by atoms with Gasteiger partial charge in [0, 0.05) is 25.0 Å². The summed E-state index contributed by atoms with van der Waals surface area (Å²) >= 11 is 7.46. The van der Waals surface area contributed by atoms with Gasteiger partial charge in [0.15, 0.2) is 0 Å². The highest BCUT2D eigenvalue weighted by molar-refractivity contribution is 7.11. The number of piperidine rings is 1. The Balaban J connectivity index is 1.68. The quantitative estimate of drug-likeness (QED) is 0.863. The van der Waals surface area contributed by atoms with Crippen molar-refractivity contribution in [2.45, 2.75) is 25.9 Å². The fraction of sp³-hybridized carbons (Fsp3) is 0.400. The summed E-state index contributed by atoms with van der Waals surface area (Å²) in [6, 6.07) is 1.75. The summed E-state index contributed by atoms with van der Waals surface area (Å²) in [6.07, 6.45) is 4.98. The average Bonchev–Trinajstić information content (AvgIpc) is 2.95. The summed E-state index contributed by atoms with van der Waals surface area (Å²) < 4.78 is 5.94. The highest BCUT2D eigenvalue weighted by Crippen LogP contribution is 2.26. The molecule has 1 unspecified atom stereocenters. The van der Waals surface area contributed by atoms with Crippen LogP contribution in [0.1, 0.15) is 28.2 Å². The molecule has 22 heavy (non-hydrogen) atoms. The summed E-state index contributed by atoms with van der Waals surface area (Å²) in [4.78, 5) is 23.2. The molecule has 0 radical (unpaired) electrons. The Labute approximate surface area is 137 Å². The minimum atomic E-state index is -0.0502. The standard InChI is InChI=1S/C15H16ClN3O2S/c1-10-14(22-9-18-10)15(20)19-6-2-3-11(8-19)21-13-4-5-17-7-12(13)16/h4-5,7,9,11H,2-3,6,8H2,1H3. The number of aryl methyl sites for hydroxylation is 1. The van der Waals surface area contributed by atoms with Gasteiger partial charge < -0.3 is 9.64 Å². The molecule has 3 heterocycles. The Morgan fingerprint density at radius 3 is 3.14 bits per heavy atom. The molecule has 7 heteroatoms. The monoisotopic (exact) mass is 337 g/mol. The molecule has 1 amide bonds. The molecule has 0 spiro atoms. The first-order valence-corrected chi connectivity index (χ1v) is 8.36. The number of pyridine rings is 1. The normalized spacial score (nSPS) is 18.3. The zero-order valence-corrected chi connectivity index (χ0v) is 13.7. The van der Waals surface area contributed by atoms with Gasteiger partial charge >= 0.3 is 0 Å². The molecule has 1 aliphatic heterocycles. The first kappa shape index (κ1) is 15.2. The molecule has 5 nitrogen and oxygen atoms in total. The van der Waals surface area contributed by atoms with Crippen molar-refractivity contribution in [1.29, 1.82) is 0 Å². The Morgan fingerprint density at radius 2 is 2.41 bits per heavy atom. The first-order valence-electron chi connectivity index (χ1n) is 7.10. The molecule has 2 aromatic rings. The highest BCUT2D eigenvalue weighted by atomic mass is 35.5. The fourth-order valence-electron chi connectivity index (χ4n) is 2.51. The van der Waals surface area contributed by atoms with Gasteiger partial charge in [-0.3, -0.25) is 9.78 Å². The van der Waals surface area contributed by atoms with Crippen molar-refractivity contribution < 1.29 is 9.53 Å². The molecule has 116 valence electrons. The van der Waals surface area contributed by atoms with Crippen molar-refractivity contribution in [3.8, 4) is 5.75 Å². The van der Waals surface area contributed by atoms with Crippen LogP contribution in [0.3, 0.4) is 0 Å². The van der Waals surface area contributed by atoms with Crippen molar-refractivity contribution in [2.75, 3.05) is 13.1 Å². The summed E-state index contributed by atoms with van der Waals surface area (Å²) in [5.41, 5.74) is 2.49. The Hall–Kier alpha value is -1.66. The van der Waals surface area contributed by atoms with Crippen LogP contribution in [0.2, 0.25) is 5.02 Å². The number of thiazole rings is 1. The molecular formula is C15H16ClN3O2S. The second-order valence-electron chi connectivity index (χ2n) is 5.21. The maximum absolute atomic E-state index is 12.6. The molecule has 3 rings (SSSR count). The number of halogens is 1. The highest BCUT2D eigenvalue weighted by Gasteiger charge is 2.27. The van der Waals surface area contributed by atoms with Crippen molar-refractivity contribution >= 4 is 28.8 Å². The van der Waals surface area contributed by atoms with Gasteiger partial charge in [-0.2, -0.15) is 0 Å². The van der Waals surface area contributed by atoms with Crippen LogP contribution < -0.4 is 4.74 Å². The number of rotatable bonds is 3. The molecule has 1 aliphatic rings. The Morgan fingerprint density at radius 1 is 1.55 bits per heavy atom. The third-order valence-electron chi connectivity index (χ3n) is 3.63. The van der Waals surface area contributed by atoms with Gasteiger partial charge in [0.1, 0.15) is 21.8 Å². The van der Waals surface area contributed by atoms with Crippen LogP contribution in [0.5, 0.6) is 5.75 Å². The van der Waals surface area contributed by atoms with Crippen LogP contribution in [0.15, 0.2) is 24.0 Å². The van der Waals surface area contributed by atoms with Crippen LogP contribution in [0.25, 0.3) is 0 Å². The van der Waals surface area contributed by atoms with Gasteiger partial charge in [-0.15, -0.1) is 11.3 Å². The average molecular weight is 338 g/mol. The zero-order chi connectivity index (χ0) is 15.5. The number of likely N-dealkylation sites (tertiary alicyclic amines) is 1.